The first kappa shape index (κ1) is 9.00. The minimum absolute atomic E-state index is 0.606. The number of halogens is 1. The van der Waals surface area contributed by atoms with Crippen molar-refractivity contribution in [3.8, 4) is 0 Å². The first-order valence-electron chi connectivity index (χ1n) is 4.33. The predicted octanol–water partition coefficient (Wildman–Crippen LogP) is 1.68. The number of aryl methyl sites for hydroxylation is 1. The molecular formula is C10H11ClO2. The van der Waals surface area contributed by atoms with Gasteiger partial charge in [-0.2, -0.15) is 0 Å². The molecule has 0 amide bonds. The highest BCUT2D eigenvalue weighted by molar-refractivity contribution is 6.30. The number of hydrogen-bond donors (Lipinski definition) is 2. The Morgan fingerprint density at radius 2 is 2.08 bits per heavy atom. The summed E-state index contributed by atoms with van der Waals surface area (Å²) in [5.41, 5.74) is 1.86. The summed E-state index contributed by atoms with van der Waals surface area (Å²) < 4.78 is 0. The van der Waals surface area contributed by atoms with Crippen molar-refractivity contribution in [1.29, 1.82) is 0 Å². The van der Waals surface area contributed by atoms with E-state index in [-0.39, 0.29) is 0 Å². The average molecular weight is 199 g/mol. The van der Waals surface area contributed by atoms with Crippen molar-refractivity contribution >= 4 is 11.6 Å². The Morgan fingerprint density at radius 1 is 1.31 bits per heavy atom. The molecule has 2 N–H and O–H groups in total. The van der Waals surface area contributed by atoms with Crippen molar-refractivity contribution in [2.24, 2.45) is 0 Å². The molecule has 1 aliphatic carbocycles. The lowest BCUT2D eigenvalue weighted by Crippen LogP contribution is -2.24. The highest BCUT2D eigenvalue weighted by atomic mass is 35.5. The molecule has 0 fully saturated rings. The van der Waals surface area contributed by atoms with Crippen LogP contribution < -0.4 is 0 Å². The quantitative estimate of drug-likeness (QED) is 0.666. The van der Waals surface area contributed by atoms with E-state index in [9.17, 15) is 10.2 Å². The molecule has 1 aliphatic rings. The van der Waals surface area contributed by atoms with Gasteiger partial charge in [0.1, 0.15) is 6.10 Å². The SMILES string of the molecule is O[C@@H]1CCc2cc(Cl)ccc2[C@@H]1O. The lowest BCUT2D eigenvalue weighted by molar-refractivity contribution is 0.00650. The molecule has 2 rings (SSSR count). The summed E-state index contributed by atoms with van der Waals surface area (Å²) >= 11 is 5.82. The molecule has 0 saturated heterocycles. The molecule has 0 saturated carbocycles. The maximum absolute atomic E-state index is 9.63. The molecule has 1 aromatic carbocycles. The molecule has 0 aliphatic heterocycles. The lowest BCUT2D eigenvalue weighted by Gasteiger charge is -2.26. The molecule has 70 valence electrons. The van der Waals surface area contributed by atoms with Gasteiger partial charge < -0.3 is 10.2 Å². The minimum atomic E-state index is -0.749. The third kappa shape index (κ3) is 1.57. The Morgan fingerprint density at radius 3 is 2.85 bits per heavy atom. The summed E-state index contributed by atoms with van der Waals surface area (Å²) in [4.78, 5) is 0. The summed E-state index contributed by atoms with van der Waals surface area (Å²) in [7, 11) is 0. The standard InChI is InChI=1S/C10H11ClO2/c11-7-2-3-8-6(5-7)1-4-9(12)10(8)13/h2-3,5,9-10,12-13H,1,4H2/t9-,10+/m1/s1. The summed E-state index contributed by atoms with van der Waals surface area (Å²) in [6.07, 6.45) is 0.0116. The maximum Gasteiger partial charge on any atom is 0.105 e. The molecule has 0 radical (unpaired) electrons. The number of rotatable bonds is 0. The van der Waals surface area contributed by atoms with E-state index in [1.165, 1.54) is 0 Å². The van der Waals surface area contributed by atoms with Gasteiger partial charge in [0.05, 0.1) is 6.10 Å². The van der Waals surface area contributed by atoms with Gasteiger partial charge in [-0.05, 0) is 36.1 Å². The Labute approximate surface area is 81.8 Å². The molecular weight excluding hydrogens is 188 g/mol. The van der Waals surface area contributed by atoms with E-state index in [0.717, 1.165) is 17.5 Å². The van der Waals surface area contributed by atoms with E-state index < -0.39 is 12.2 Å². The zero-order chi connectivity index (χ0) is 9.42. The van der Waals surface area contributed by atoms with Gasteiger partial charge in [-0.15, -0.1) is 0 Å². The fraction of sp³-hybridized carbons (Fsp3) is 0.400. The Balaban J connectivity index is 2.44. The molecule has 0 spiro atoms. The van der Waals surface area contributed by atoms with Crippen LogP contribution in [0.15, 0.2) is 18.2 Å². The van der Waals surface area contributed by atoms with Crippen LogP contribution in [0.5, 0.6) is 0 Å². The molecule has 0 bridgehead atoms. The van der Waals surface area contributed by atoms with Gasteiger partial charge in [0.25, 0.3) is 0 Å². The van der Waals surface area contributed by atoms with Crippen molar-refractivity contribution < 1.29 is 10.2 Å². The van der Waals surface area contributed by atoms with Crippen LogP contribution in [0.3, 0.4) is 0 Å². The van der Waals surface area contributed by atoms with Gasteiger partial charge >= 0.3 is 0 Å². The summed E-state index contributed by atoms with van der Waals surface area (Å²) in [5, 5.41) is 19.7. The van der Waals surface area contributed by atoms with Crippen LogP contribution in [0.4, 0.5) is 0 Å². The van der Waals surface area contributed by atoms with Crippen LogP contribution in [0.1, 0.15) is 23.7 Å². The predicted molar refractivity (Wildman–Crippen MR) is 50.7 cm³/mol. The van der Waals surface area contributed by atoms with Gasteiger partial charge in [0, 0.05) is 5.02 Å². The molecule has 13 heavy (non-hydrogen) atoms. The van der Waals surface area contributed by atoms with Crippen LogP contribution >= 0.6 is 11.6 Å². The van der Waals surface area contributed by atoms with Gasteiger partial charge in [0.2, 0.25) is 0 Å². The number of hydrogen-bond acceptors (Lipinski definition) is 2. The zero-order valence-corrected chi connectivity index (χ0v) is 7.83. The number of aliphatic hydroxyl groups is 2. The number of fused-ring (bicyclic) bond motifs is 1. The van der Waals surface area contributed by atoms with Gasteiger partial charge in [-0.3, -0.25) is 0 Å². The second-order valence-corrected chi connectivity index (χ2v) is 3.83. The molecule has 2 nitrogen and oxygen atoms in total. The van der Waals surface area contributed by atoms with Crippen LogP contribution in [0.2, 0.25) is 5.02 Å². The summed E-state index contributed by atoms with van der Waals surface area (Å²) in [5.74, 6) is 0. The normalized spacial score (nSPS) is 27.0. The smallest absolute Gasteiger partial charge is 0.105 e. The summed E-state index contributed by atoms with van der Waals surface area (Å²) in [6.45, 7) is 0. The third-order valence-corrected chi connectivity index (χ3v) is 2.73. The van der Waals surface area contributed by atoms with Gasteiger partial charge in [0.15, 0.2) is 0 Å². The molecule has 2 atom stereocenters. The van der Waals surface area contributed by atoms with E-state index in [0.29, 0.717) is 11.4 Å². The second kappa shape index (κ2) is 3.29. The van der Waals surface area contributed by atoms with Crippen molar-refractivity contribution in [3.63, 3.8) is 0 Å². The molecule has 0 aromatic heterocycles. The summed E-state index contributed by atoms with van der Waals surface area (Å²) in [6, 6.07) is 5.37. The molecule has 3 heteroatoms. The largest absolute Gasteiger partial charge is 0.390 e. The van der Waals surface area contributed by atoms with E-state index in [1.807, 2.05) is 6.07 Å². The Bertz CT molecular complexity index is 325. The van der Waals surface area contributed by atoms with Crippen LogP contribution in [0, 0.1) is 0 Å². The van der Waals surface area contributed by atoms with Crippen LogP contribution in [0.25, 0.3) is 0 Å². The lowest BCUT2D eigenvalue weighted by atomic mass is 9.87. The average Bonchev–Trinajstić information content (AvgIpc) is 2.12. The topological polar surface area (TPSA) is 40.5 Å². The molecule has 0 unspecified atom stereocenters. The van der Waals surface area contributed by atoms with Gasteiger partial charge in [-0.1, -0.05) is 17.7 Å². The van der Waals surface area contributed by atoms with E-state index >= 15 is 0 Å². The number of aliphatic hydroxyl groups excluding tert-OH is 2. The second-order valence-electron chi connectivity index (χ2n) is 3.39. The zero-order valence-electron chi connectivity index (χ0n) is 7.07. The first-order valence-corrected chi connectivity index (χ1v) is 4.71. The Kier molecular flexibility index (Phi) is 2.28. The van der Waals surface area contributed by atoms with E-state index in [1.54, 1.807) is 12.1 Å². The Hall–Kier alpha value is -0.570. The fourth-order valence-corrected chi connectivity index (χ4v) is 1.94. The van der Waals surface area contributed by atoms with Crippen molar-refractivity contribution in [2.75, 3.05) is 0 Å². The van der Waals surface area contributed by atoms with E-state index in [4.69, 9.17) is 11.6 Å². The number of benzene rings is 1. The highest BCUT2D eigenvalue weighted by Gasteiger charge is 2.25. The van der Waals surface area contributed by atoms with Crippen molar-refractivity contribution in [3.05, 3.63) is 34.3 Å². The maximum atomic E-state index is 9.63. The van der Waals surface area contributed by atoms with Crippen LogP contribution in [-0.2, 0) is 6.42 Å². The van der Waals surface area contributed by atoms with Crippen molar-refractivity contribution in [1.82, 2.24) is 0 Å². The van der Waals surface area contributed by atoms with Crippen LogP contribution in [-0.4, -0.2) is 16.3 Å². The van der Waals surface area contributed by atoms with Gasteiger partial charge in [-0.25, -0.2) is 0 Å². The highest BCUT2D eigenvalue weighted by Crippen LogP contribution is 2.31. The third-order valence-electron chi connectivity index (χ3n) is 2.50. The van der Waals surface area contributed by atoms with E-state index in [2.05, 4.69) is 0 Å². The fourth-order valence-electron chi connectivity index (χ4n) is 1.75. The monoisotopic (exact) mass is 198 g/mol. The first-order chi connectivity index (χ1) is 6.18. The molecule has 0 heterocycles. The molecule has 1 aromatic rings. The minimum Gasteiger partial charge on any atom is -0.390 e. The van der Waals surface area contributed by atoms with Crippen molar-refractivity contribution in [2.45, 2.75) is 25.0 Å².